The van der Waals surface area contributed by atoms with Gasteiger partial charge in [-0.1, -0.05) is 48.5 Å². The molecular weight excluding hydrogens is 340 g/mol. The van der Waals surface area contributed by atoms with Gasteiger partial charge in [0.05, 0.1) is 13.0 Å². The predicted molar refractivity (Wildman–Crippen MR) is 102 cm³/mol. The highest BCUT2D eigenvalue weighted by Gasteiger charge is 2.28. The summed E-state index contributed by atoms with van der Waals surface area (Å²) < 4.78 is 11.2. The third kappa shape index (κ3) is 3.95. The van der Waals surface area contributed by atoms with Crippen LogP contribution in [0.1, 0.15) is 29.0 Å². The first-order valence-corrected chi connectivity index (χ1v) is 8.99. The van der Waals surface area contributed by atoms with Gasteiger partial charge in [-0.2, -0.15) is 0 Å². The molecule has 27 heavy (non-hydrogen) atoms. The van der Waals surface area contributed by atoms with Crippen LogP contribution < -0.4 is 9.47 Å². The van der Waals surface area contributed by atoms with Crippen molar-refractivity contribution in [3.63, 3.8) is 0 Å². The molecule has 3 aromatic carbocycles. The van der Waals surface area contributed by atoms with Crippen molar-refractivity contribution in [2.24, 2.45) is 0 Å². The number of fused-ring (bicyclic) bond motifs is 1. The van der Waals surface area contributed by atoms with E-state index in [4.69, 9.17) is 9.47 Å². The lowest BCUT2D eigenvalue weighted by Crippen LogP contribution is -2.20. The van der Waals surface area contributed by atoms with E-state index in [2.05, 4.69) is 12.1 Å². The number of carbonyl (C=O) groups excluding carboxylic acids is 1. The Morgan fingerprint density at radius 1 is 1.00 bits per heavy atom. The number of ether oxygens (including phenoxy) is 2. The lowest BCUT2D eigenvalue weighted by atomic mass is 9.86. The summed E-state index contributed by atoms with van der Waals surface area (Å²) in [7, 11) is 0. The SMILES string of the molecule is O=C1CC(c2cccc(OCCc3ccccc3)c2)c2ccc(O)cc2O1. The fraction of sp³-hybridized carbons (Fsp3) is 0.174. The van der Waals surface area contributed by atoms with E-state index in [1.165, 1.54) is 11.6 Å². The van der Waals surface area contributed by atoms with E-state index in [0.29, 0.717) is 12.4 Å². The lowest BCUT2D eigenvalue weighted by molar-refractivity contribution is -0.135. The lowest BCUT2D eigenvalue weighted by Gasteiger charge is -2.25. The minimum atomic E-state index is -0.298. The third-order valence-electron chi connectivity index (χ3n) is 4.73. The molecule has 4 heteroatoms. The summed E-state index contributed by atoms with van der Waals surface area (Å²) in [4.78, 5) is 12.0. The van der Waals surface area contributed by atoms with Crippen molar-refractivity contribution in [1.29, 1.82) is 0 Å². The fourth-order valence-electron chi connectivity index (χ4n) is 3.39. The highest BCUT2D eigenvalue weighted by molar-refractivity contribution is 5.78. The molecule has 136 valence electrons. The van der Waals surface area contributed by atoms with Crippen LogP contribution in [0, 0.1) is 0 Å². The number of benzene rings is 3. The van der Waals surface area contributed by atoms with Crippen LogP contribution in [0.3, 0.4) is 0 Å². The molecule has 1 N–H and O–H groups in total. The van der Waals surface area contributed by atoms with Crippen LogP contribution in [0.2, 0.25) is 0 Å². The first-order valence-electron chi connectivity index (χ1n) is 8.99. The highest BCUT2D eigenvalue weighted by Crippen LogP contribution is 2.40. The number of aromatic hydroxyl groups is 1. The standard InChI is InChI=1S/C23H20O4/c24-18-9-10-20-21(15-23(25)27-22(20)14-18)17-7-4-8-19(13-17)26-12-11-16-5-2-1-3-6-16/h1-10,13-14,21,24H,11-12,15H2. The van der Waals surface area contributed by atoms with Crippen LogP contribution in [0.25, 0.3) is 0 Å². The van der Waals surface area contributed by atoms with Crippen LogP contribution in [0.4, 0.5) is 0 Å². The molecule has 4 nitrogen and oxygen atoms in total. The van der Waals surface area contributed by atoms with E-state index in [1.54, 1.807) is 6.07 Å². The normalized spacial score (nSPS) is 15.7. The Hall–Kier alpha value is -3.27. The second-order valence-electron chi connectivity index (χ2n) is 6.61. The van der Waals surface area contributed by atoms with Crippen LogP contribution in [0.15, 0.2) is 72.8 Å². The van der Waals surface area contributed by atoms with E-state index >= 15 is 0 Å². The van der Waals surface area contributed by atoms with Gasteiger partial charge in [0.1, 0.15) is 17.2 Å². The average Bonchev–Trinajstić information content (AvgIpc) is 2.68. The molecule has 4 rings (SSSR count). The maximum absolute atomic E-state index is 12.0. The first-order chi connectivity index (χ1) is 13.2. The number of phenolic OH excluding ortho intramolecular Hbond substituents is 1. The van der Waals surface area contributed by atoms with Gasteiger partial charge in [-0.05, 0) is 29.3 Å². The molecule has 3 aromatic rings. The molecule has 0 aromatic heterocycles. The Morgan fingerprint density at radius 2 is 1.85 bits per heavy atom. The van der Waals surface area contributed by atoms with Crippen molar-refractivity contribution in [1.82, 2.24) is 0 Å². The molecule has 0 amide bonds. The molecule has 0 radical (unpaired) electrons. The summed E-state index contributed by atoms with van der Waals surface area (Å²) in [6.07, 6.45) is 1.11. The molecule has 1 heterocycles. The Morgan fingerprint density at radius 3 is 2.70 bits per heavy atom. The zero-order chi connectivity index (χ0) is 18.6. The minimum absolute atomic E-state index is 0.0835. The van der Waals surface area contributed by atoms with Crippen LogP contribution >= 0.6 is 0 Å². The van der Waals surface area contributed by atoms with Gasteiger partial charge in [0.2, 0.25) is 0 Å². The molecule has 1 atom stereocenters. The highest BCUT2D eigenvalue weighted by atomic mass is 16.5. The summed E-state index contributed by atoms with van der Waals surface area (Å²) in [6.45, 7) is 0.588. The molecular formula is C23H20O4. The number of rotatable bonds is 5. The maximum atomic E-state index is 12.0. The summed E-state index contributed by atoms with van der Waals surface area (Å²) in [6, 6.07) is 23.0. The van der Waals surface area contributed by atoms with Gasteiger partial charge in [-0.25, -0.2) is 0 Å². The van der Waals surface area contributed by atoms with E-state index in [9.17, 15) is 9.90 Å². The summed E-state index contributed by atoms with van der Waals surface area (Å²) in [5.41, 5.74) is 3.13. The molecule has 0 aliphatic carbocycles. The van der Waals surface area contributed by atoms with Crippen molar-refractivity contribution >= 4 is 5.97 Å². The smallest absolute Gasteiger partial charge is 0.312 e. The van der Waals surface area contributed by atoms with E-state index < -0.39 is 0 Å². The van der Waals surface area contributed by atoms with Gasteiger partial charge in [-0.15, -0.1) is 0 Å². The molecule has 1 aliphatic rings. The van der Waals surface area contributed by atoms with Crippen molar-refractivity contribution < 1.29 is 19.4 Å². The number of hydrogen-bond donors (Lipinski definition) is 1. The van der Waals surface area contributed by atoms with Gasteiger partial charge in [0.25, 0.3) is 0 Å². The van der Waals surface area contributed by atoms with Gasteiger partial charge < -0.3 is 14.6 Å². The van der Waals surface area contributed by atoms with Crippen molar-refractivity contribution in [3.05, 3.63) is 89.5 Å². The zero-order valence-electron chi connectivity index (χ0n) is 14.8. The predicted octanol–water partition coefficient (Wildman–Crippen LogP) is 4.45. The summed E-state index contributed by atoms with van der Waals surface area (Å²) in [5, 5.41) is 9.66. The van der Waals surface area contributed by atoms with E-state index in [0.717, 1.165) is 23.3 Å². The van der Waals surface area contributed by atoms with Gasteiger partial charge in [-0.3, -0.25) is 4.79 Å². The molecule has 1 aliphatic heterocycles. The Kier molecular flexibility index (Phi) is 4.79. The maximum Gasteiger partial charge on any atom is 0.312 e. The summed E-state index contributed by atoms with van der Waals surface area (Å²) >= 11 is 0. The molecule has 0 spiro atoms. The van der Waals surface area contributed by atoms with E-state index in [1.807, 2.05) is 48.5 Å². The molecule has 0 saturated heterocycles. The molecule has 0 bridgehead atoms. The number of carbonyl (C=O) groups is 1. The third-order valence-corrected chi connectivity index (χ3v) is 4.73. The Balaban J connectivity index is 1.52. The topological polar surface area (TPSA) is 55.8 Å². The number of hydrogen-bond acceptors (Lipinski definition) is 4. The van der Waals surface area contributed by atoms with Crippen molar-refractivity contribution in [3.8, 4) is 17.2 Å². The van der Waals surface area contributed by atoms with Gasteiger partial charge in [0.15, 0.2) is 0 Å². The first kappa shape index (κ1) is 17.2. The average molecular weight is 360 g/mol. The van der Waals surface area contributed by atoms with Crippen LogP contribution in [0.5, 0.6) is 17.2 Å². The monoisotopic (exact) mass is 360 g/mol. The van der Waals surface area contributed by atoms with Crippen LogP contribution in [-0.4, -0.2) is 17.7 Å². The molecule has 0 fully saturated rings. The second-order valence-corrected chi connectivity index (χ2v) is 6.61. The van der Waals surface area contributed by atoms with E-state index in [-0.39, 0.29) is 24.1 Å². The largest absolute Gasteiger partial charge is 0.508 e. The number of phenols is 1. The Labute approximate surface area is 158 Å². The zero-order valence-corrected chi connectivity index (χ0v) is 14.8. The second kappa shape index (κ2) is 7.54. The minimum Gasteiger partial charge on any atom is -0.508 e. The van der Waals surface area contributed by atoms with Crippen molar-refractivity contribution in [2.45, 2.75) is 18.8 Å². The quantitative estimate of drug-likeness (QED) is 0.539. The molecule has 0 saturated carbocycles. The Bertz CT molecular complexity index is 950. The summed E-state index contributed by atoms with van der Waals surface area (Å²) in [5.74, 6) is 0.877. The van der Waals surface area contributed by atoms with Crippen molar-refractivity contribution in [2.75, 3.05) is 6.61 Å². The number of esters is 1. The van der Waals surface area contributed by atoms with Gasteiger partial charge in [0, 0.05) is 24.0 Å². The van der Waals surface area contributed by atoms with Gasteiger partial charge >= 0.3 is 5.97 Å². The van der Waals surface area contributed by atoms with Crippen LogP contribution in [-0.2, 0) is 11.2 Å². The molecule has 1 unspecified atom stereocenters. The fourth-order valence-corrected chi connectivity index (χ4v) is 3.39.